The molecule has 0 aromatic heterocycles. The van der Waals surface area contributed by atoms with E-state index in [0.717, 1.165) is 25.4 Å². The van der Waals surface area contributed by atoms with Crippen molar-refractivity contribution < 1.29 is 4.74 Å². The fourth-order valence-electron chi connectivity index (χ4n) is 2.07. The highest BCUT2D eigenvalue weighted by molar-refractivity contribution is 5.27. The maximum absolute atomic E-state index is 5.81. The van der Waals surface area contributed by atoms with Crippen LogP contribution in [0, 0.1) is 5.41 Å². The number of hydrogen-bond acceptors (Lipinski definition) is 3. The van der Waals surface area contributed by atoms with Crippen LogP contribution in [0.4, 0.5) is 0 Å². The molecule has 1 N–H and O–H groups in total. The second kappa shape index (κ2) is 7.65. The van der Waals surface area contributed by atoms with Gasteiger partial charge in [0.15, 0.2) is 0 Å². The molecule has 1 rings (SSSR count). The number of ether oxygens (including phenoxy) is 1. The summed E-state index contributed by atoms with van der Waals surface area (Å²) in [6, 6.07) is 8.82. The molecule has 0 radical (unpaired) electrons. The van der Waals surface area contributed by atoms with Crippen molar-refractivity contribution >= 4 is 0 Å². The van der Waals surface area contributed by atoms with Crippen LogP contribution in [0.5, 0.6) is 5.75 Å². The van der Waals surface area contributed by atoms with Crippen LogP contribution >= 0.6 is 0 Å². The zero-order valence-corrected chi connectivity index (χ0v) is 13.9. The first kappa shape index (κ1) is 17.0. The van der Waals surface area contributed by atoms with Gasteiger partial charge < -0.3 is 10.1 Å². The monoisotopic (exact) mass is 278 g/mol. The Bertz CT molecular complexity index is 381. The molecular formula is C17H30N2O. The zero-order chi connectivity index (χ0) is 15.2. The molecule has 0 fully saturated rings. The van der Waals surface area contributed by atoms with Crippen molar-refractivity contribution in [1.82, 2.24) is 10.2 Å². The minimum Gasteiger partial charge on any atom is -0.492 e. The van der Waals surface area contributed by atoms with Crippen LogP contribution < -0.4 is 10.1 Å². The van der Waals surface area contributed by atoms with Crippen LogP contribution in [-0.4, -0.2) is 38.2 Å². The zero-order valence-electron chi connectivity index (χ0n) is 13.9. The molecule has 0 spiro atoms. The van der Waals surface area contributed by atoms with Gasteiger partial charge in [0, 0.05) is 19.1 Å². The standard InChI is InChI=1S/C17H30N2O/c1-14(17(2,3)4)19(6)11-12-20-16-9-7-15(8-10-16)13-18-5/h7-10,14,18H,11-13H2,1-6H3. The lowest BCUT2D eigenvalue weighted by Gasteiger charge is -2.35. The summed E-state index contributed by atoms with van der Waals surface area (Å²) in [6.45, 7) is 11.7. The Kier molecular flexibility index (Phi) is 6.50. The lowest BCUT2D eigenvalue weighted by molar-refractivity contribution is 0.121. The van der Waals surface area contributed by atoms with Gasteiger partial charge in [0.05, 0.1) is 0 Å². The summed E-state index contributed by atoms with van der Waals surface area (Å²) >= 11 is 0. The number of hydrogen-bond donors (Lipinski definition) is 1. The quantitative estimate of drug-likeness (QED) is 0.829. The number of rotatable bonds is 7. The van der Waals surface area contributed by atoms with Crippen LogP contribution in [0.3, 0.4) is 0 Å². The minimum atomic E-state index is 0.295. The SMILES string of the molecule is CNCc1ccc(OCCN(C)C(C)C(C)(C)C)cc1. The van der Waals surface area contributed by atoms with E-state index in [1.54, 1.807) is 0 Å². The Morgan fingerprint density at radius 3 is 2.30 bits per heavy atom. The van der Waals surface area contributed by atoms with E-state index >= 15 is 0 Å². The molecule has 1 aromatic carbocycles. The van der Waals surface area contributed by atoms with Crippen molar-refractivity contribution in [1.29, 1.82) is 0 Å². The van der Waals surface area contributed by atoms with E-state index < -0.39 is 0 Å². The van der Waals surface area contributed by atoms with Gasteiger partial charge in [0.2, 0.25) is 0 Å². The summed E-state index contributed by atoms with van der Waals surface area (Å²) in [4.78, 5) is 2.36. The Morgan fingerprint density at radius 1 is 1.20 bits per heavy atom. The van der Waals surface area contributed by atoms with E-state index in [9.17, 15) is 0 Å². The molecule has 0 bridgehead atoms. The Balaban J connectivity index is 2.37. The summed E-state index contributed by atoms with van der Waals surface area (Å²) in [5.41, 5.74) is 1.57. The Hall–Kier alpha value is -1.06. The highest BCUT2D eigenvalue weighted by Gasteiger charge is 2.23. The van der Waals surface area contributed by atoms with E-state index in [1.807, 2.05) is 19.2 Å². The van der Waals surface area contributed by atoms with E-state index in [2.05, 4.69) is 57.1 Å². The molecule has 114 valence electrons. The maximum atomic E-state index is 5.81. The Labute approximate surface area is 124 Å². The summed E-state index contributed by atoms with van der Waals surface area (Å²) < 4.78 is 5.81. The van der Waals surface area contributed by atoms with Gasteiger partial charge in [0.1, 0.15) is 12.4 Å². The third kappa shape index (κ3) is 5.51. The van der Waals surface area contributed by atoms with Gasteiger partial charge in [-0.2, -0.15) is 0 Å². The molecule has 0 saturated carbocycles. The topological polar surface area (TPSA) is 24.5 Å². The van der Waals surface area contributed by atoms with Crippen molar-refractivity contribution in [2.24, 2.45) is 5.41 Å². The lowest BCUT2D eigenvalue weighted by Crippen LogP contribution is -2.41. The van der Waals surface area contributed by atoms with Crippen molar-refractivity contribution in [2.45, 2.75) is 40.3 Å². The largest absolute Gasteiger partial charge is 0.492 e. The van der Waals surface area contributed by atoms with Gasteiger partial charge in [0.25, 0.3) is 0 Å². The molecule has 1 atom stereocenters. The first-order valence-corrected chi connectivity index (χ1v) is 7.41. The molecule has 0 aliphatic rings. The third-order valence-corrected chi connectivity index (χ3v) is 3.93. The van der Waals surface area contributed by atoms with Gasteiger partial charge in [-0.15, -0.1) is 0 Å². The van der Waals surface area contributed by atoms with Crippen LogP contribution in [0.25, 0.3) is 0 Å². The van der Waals surface area contributed by atoms with Gasteiger partial charge in [-0.05, 0) is 44.1 Å². The molecule has 0 aliphatic heterocycles. The number of likely N-dealkylation sites (N-methyl/N-ethyl adjacent to an activating group) is 1. The first-order valence-electron chi connectivity index (χ1n) is 7.41. The molecule has 0 saturated heterocycles. The second-order valence-electron chi connectivity index (χ2n) is 6.55. The fraction of sp³-hybridized carbons (Fsp3) is 0.647. The van der Waals surface area contributed by atoms with Gasteiger partial charge in [-0.1, -0.05) is 32.9 Å². The number of nitrogens with zero attached hydrogens (tertiary/aromatic N) is 1. The molecule has 1 aromatic rings. The average Bonchev–Trinajstić information content (AvgIpc) is 2.39. The summed E-state index contributed by atoms with van der Waals surface area (Å²) in [6.07, 6.45) is 0. The lowest BCUT2D eigenvalue weighted by atomic mass is 9.87. The molecular weight excluding hydrogens is 248 g/mol. The molecule has 3 heteroatoms. The van der Waals surface area contributed by atoms with Crippen LogP contribution in [0.1, 0.15) is 33.3 Å². The maximum Gasteiger partial charge on any atom is 0.119 e. The number of benzene rings is 1. The summed E-state index contributed by atoms with van der Waals surface area (Å²) in [5, 5.41) is 3.14. The molecule has 3 nitrogen and oxygen atoms in total. The van der Waals surface area contributed by atoms with Crippen LogP contribution in [0.2, 0.25) is 0 Å². The summed E-state index contributed by atoms with van der Waals surface area (Å²) in [7, 11) is 4.12. The first-order chi connectivity index (χ1) is 9.34. The third-order valence-electron chi connectivity index (χ3n) is 3.93. The van der Waals surface area contributed by atoms with E-state index in [-0.39, 0.29) is 0 Å². The summed E-state index contributed by atoms with van der Waals surface area (Å²) in [5.74, 6) is 0.946. The van der Waals surface area contributed by atoms with E-state index in [0.29, 0.717) is 11.5 Å². The van der Waals surface area contributed by atoms with E-state index in [4.69, 9.17) is 4.74 Å². The molecule has 0 aliphatic carbocycles. The molecule has 0 amide bonds. The smallest absolute Gasteiger partial charge is 0.119 e. The van der Waals surface area contributed by atoms with Gasteiger partial charge in [-0.25, -0.2) is 0 Å². The highest BCUT2D eigenvalue weighted by atomic mass is 16.5. The second-order valence-corrected chi connectivity index (χ2v) is 6.55. The number of nitrogens with one attached hydrogen (secondary N) is 1. The fourth-order valence-corrected chi connectivity index (χ4v) is 2.07. The predicted molar refractivity (Wildman–Crippen MR) is 86.2 cm³/mol. The van der Waals surface area contributed by atoms with Crippen molar-refractivity contribution in [2.75, 3.05) is 27.2 Å². The van der Waals surface area contributed by atoms with Crippen molar-refractivity contribution in [3.8, 4) is 5.75 Å². The van der Waals surface area contributed by atoms with Gasteiger partial charge in [-0.3, -0.25) is 4.90 Å². The Morgan fingerprint density at radius 2 is 1.80 bits per heavy atom. The average molecular weight is 278 g/mol. The molecule has 20 heavy (non-hydrogen) atoms. The van der Waals surface area contributed by atoms with Crippen molar-refractivity contribution in [3.05, 3.63) is 29.8 Å². The van der Waals surface area contributed by atoms with Crippen LogP contribution in [-0.2, 0) is 6.54 Å². The predicted octanol–water partition coefficient (Wildman–Crippen LogP) is 3.15. The minimum absolute atomic E-state index is 0.295. The molecule has 0 heterocycles. The normalized spacial score (nSPS) is 13.6. The van der Waals surface area contributed by atoms with Crippen molar-refractivity contribution in [3.63, 3.8) is 0 Å². The molecule has 1 unspecified atom stereocenters. The van der Waals surface area contributed by atoms with Gasteiger partial charge >= 0.3 is 0 Å². The highest BCUT2D eigenvalue weighted by Crippen LogP contribution is 2.22. The van der Waals surface area contributed by atoms with Crippen LogP contribution in [0.15, 0.2) is 24.3 Å². The van der Waals surface area contributed by atoms with E-state index in [1.165, 1.54) is 5.56 Å².